The Morgan fingerprint density at radius 3 is 3.00 bits per heavy atom. The maximum Gasteiger partial charge on any atom is 0.201 e. The number of nitrogens with two attached hydrogens (primary N) is 1. The Balaban J connectivity index is 1.96. The lowest BCUT2D eigenvalue weighted by Gasteiger charge is -2.20. The fourth-order valence-electron chi connectivity index (χ4n) is 2.71. The first kappa shape index (κ1) is 10.6. The SMILES string of the molecule is CN1CCCC1Cn1c(N)nc2ccccc21. The monoisotopic (exact) mass is 230 g/mol. The third-order valence-corrected chi connectivity index (χ3v) is 3.75. The second kappa shape index (κ2) is 4.04. The second-order valence-electron chi connectivity index (χ2n) is 4.85. The lowest BCUT2D eigenvalue weighted by atomic mass is 10.2. The maximum atomic E-state index is 6.01. The van der Waals surface area contributed by atoms with Crippen LogP contribution in [0.25, 0.3) is 11.0 Å². The third-order valence-electron chi connectivity index (χ3n) is 3.75. The molecule has 1 unspecified atom stereocenters. The highest BCUT2D eigenvalue weighted by Crippen LogP contribution is 2.22. The average Bonchev–Trinajstić information content (AvgIpc) is 2.85. The zero-order valence-electron chi connectivity index (χ0n) is 10.1. The van der Waals surface area contributed by atoms with E-state index in [9.17, 15) is 0 Å². The average molecular weight is 230 g/mol. The summed E-state index contributed by atoms with van der Waals surface area (Å²) in [5, 5.41) is 0. The summed E-state index contributed by atoms with van der Waals surface area (Å²) in [6, 6.07) is 8.74. The van der Waals surface area contributed by atoms with E-state index in [4.69, 9.17) is 5.73 Å². The molecule has 1 aliphatic rings. The molecule has 0 spiro atoms. The van der Waals surface area contributed by atoms with E-state index in [1.807, 2.05) is 18.2 Å². The van der Waals surface area contributed by atoms with Gasteiger partial charge in [-0.2, -0.15) is 0 Å². The quantitative estimate of drug-likeness (QED) is 0.854. The number of anilines is 1. The summed E-state index contributed by atoms with van der Waals surface area (Å²) in [5.41, 5.74) is 8.15. The van der Waals surface area contributed by atoms with E-state index in [0.717, 1.165) is 17.6 Å². The lowest BCUT2D eigenvalue weighted by Crippen LogP contribution is -2.29. The van der Waals surface area contributed by atoms with Crippen molar-refractivity contribution < 1.29 is 0 Å². The number of benzene rings is 1. The number of nitrogen functional groups attached to an aromatic ring is 1. The molecule has 0 aliphatic carbocycles. The zero-order valence-corrected chi connectivity index (χ0v) is 10.1. The summed E-state index contributed by atoms with van der Waals surface area (Å²) in [6.07, 6.45) is 2.54. The number of likely N-dealkylation sites (tertiary alicyclic amines) is 1. The largest absolute Gasteiger partial charge is 0.369 e. The van der Waals surface area contributed by atoms with Gasteiger partial charge in [0.25, 0.3) is 0 Å². The van der Waals surface area contributed by atoms with Gasteiger partial charge in [-0.1, -0.05) is 12.1 Å². The third kappa shape index (κ3) is 1.78. The van der Waals surface area contributed by atoms with Crippen molar-refractivity contribution in [3.8, 4) is 0 Å². The van der Waals surface area contributed by atoms with Crippen LogP contribution in [0.1, 0.15) is 12.8 Å². The Morgan fingerprint density at radius 2 is 2.24 bits per heavy atom. The molecule has 0 bridgehead atoms. The topological polar surface area (TPSA) is 47.1 Å². The lowest BCUT2D eigenvalue weighted by molar-refractivity contribution is 0.285. The van der Waals surface area contributed by atoms with Crippen LogP contribution in [-0.4, -0.2) is 34.1 Å². The number of aromatic nitrogens is 2. The van der Waals surface area contributed by atoms with Gasteiger partial charge in [0.05, 0.1) is 11.0 Å². The predicted octanol–water partition coefficient (Wildman–Crippen LogP) is 1.71. The summed E-state index contributed by atoms with van der Waals surface area (Å²) in [5.74, 6) is 0.631. The number of fused-ring (bicyclic) bond motifs is 1. The molecule has 2 aromatic rings. The molecule has 1 aliphatic heterocycles. The molecular formula is C13H18N4. The van der Waals surface area contributed by atoms with Gasteiger partial charge in [0.1, 0.15) is 0 Å². The van der Waals surface area contributed by atoms with Gasteiger partial charge in [0, 0.05) is 12.6 Å². The van der Waals surface area contributed by atoms with Gasteiger partial charge in [-0.05, 0) is 38.6 Å². The Kier molecular flexibility index (Phi) is 2.52. The van der Waals surface area contributed by atoms with Crippen molar-refractivity contribution in [3.63, 3.8) is 0 Å². The predicted molar refractivity (Wildman–Crippen MR) is 69.8 cm³/mol. The van der Waals surface area contributed by atoms with Crippen molar-refractivity contribution in [1.82, 2.24) is 14.5 Å². The molecule has 1 atom stereocenters. The Morgan fingerprint density at radius 1 is 1.41 bits per heavy atom. The molecule has 4 heteroatoms. The van der Waals surface area contributed by atoms with Crippen molar-refractivity contribution in [2.45, 2.75) is 25.4 Å². The molecule has 1 aromatic heterocycles. The fraction of sp³-hybridized carbons (Fsp3) is 0.462. The van der Waals surface area contributed by atoms with Crippen molar-refractivity contribution in [2.75, 3.05) is 19.3 Å². The first-order chi connectivity index (χ1) is 8.25. The van der Waals surface area contributed by atoms with Crippen molar-refractivity contribution in [1.29, 1.82) is 0 Å². The fourth-order valence-corrected chi connectivity index (χ4v) is 2.71. The number of likely N-dealkylation sites (N-methyl/N-ethyl adjacent to an activating group) is 1. The van der Waals surface area contributed by atoms with Crippen LogP contribution >= 0.6 is 0 Å². The van der Waals surface area contributed by atoms with Gasteiger partial charge < -0.3 is 15.2 Å². The Bertz CT molecular complexity index is 531. The Hall–Kier alpha value is -1.55. The molecule has 90 valence electrons. The first-order valence-electron chi connectivity index (χ1n) is 6.16. The van der Waals surface area contributed by atoms with Crippen LogP contribution in [0.2, 0.25) is 0 Å². The maximum absolute atomic E-state index is 6.01. The van der Waals surface area contributed by atoms with Crippen LogP contribution in [0.4, 0.5) is 5.95 Å². The summed E-state index contributed by atoms with van der Waals surface area (Å²) >= 11 is 0. The molecular weight excluding hydrogens is 212 g/mol. The van der Waals surface area contributed by atoms with Crippen LogP contribution < -0.4 is 5.73 Å². The molecule has 2 N–H and O–H groups in total. The van der Waals surface area contributed by atoms with Gasteiger partial charge >= 0.3 is 0 Å². The molecule has 1 fully saturated rings. The summed E-state index contributed by atoms with van der Waals surface area (Å²) < 4.78 is 2.14. The molecule has 1 saturated heterocycles. The minimum Gasteiger partial charge on any atom is -0.369 e. The Labute approximate surface area is 101 Å². The number of imidazole rings is 1. The second-order valence-corrected chi connectivity index (χ2v) is 4.85. The summed E-state index contributed by atoms with van der Waals surface area (Å²) in [4.78, 5) is 6.81. The highest BCUT2D eigenvalue weighted by molar-refractivity contribution is 5.78. The molecule has 1 aromatic carbocycles. The van der Waals surface area contributed by atoms with E-state index in [1.54, 1.807) is 0 Å². The molecule has 0 radical (unpaired) electrons. The molecule has 3 rings (SSSR count). The smallest absolute Gasteiger partial charge is 0.201 e. The van der Waals surface area contributed by atoms with Crippen LogP contribution in [-0.2, 0) is 6.54 Å². The molecule has 0 amide bonds. The van der Waals surface area contributed by atoms with E-state index in [1.165, 1.54) is 19.4 Å². The van der Waals surface area contributed by atoms with Gasteiger partial charge in [-0.25, -0.2) is 4.98 Å². The van der Waals surface area contributed by atoms with E-state index in [2.05, 4.69) is 27.6 Å². The van der Waals surface area contributed by atoms with E-state index in [0.29, 0.717) is 12.0 Å². The number of hydrogen-bond donors (Lipinski definition) is 1. The van der Waals surface area contributed by atoms with Crippen LogP contribution in [0.15, 0.2) is 24.3 Å². The van der Waals surface area contributed by atoms with E-state index >= 15 is 0 Å². The molecule has 2 heterocycles. The molecule has 0 saturated carbocycles. The standard InChI is InChI=1S/C13H18N4/c1-16-8-4-5-10(16)9-17-12-7-3-2-6-11(12)15-13(17)14/h2-3,6-7,10H,4-5,8-9H2,1H3,(H2,14,15). The van der Waals surface area contributed by atoms with Crippen molar-refractivity contribution in [2.24, 2.45) is 0 Å². The highest BCUT2D eigenvalue weighted by atomic mass is 15.2. The van der Waals surface area contributed by atoms with E-state index < -0.39 is 0 Å². The highest BCUT2D eigenvalue weighted by Gasteiger charge is 2.22. The number of hydrogen-bond acceptors (Lipinski definition) is 3. The zero-order chi connectivity index (χ0) is 11.8. The normalized spacial score (nSPS) is 21.4. The van der Waals surface area contributed by atoms with Crippen LogP contribution in [0, 0.1) is 0 Å². The minimum atomic E-state index is 0.593. The molecule has 4 nitrogen and oxygen atoms in total. The van der Waals surface area contributed by atoms with Gasteiger partial charge in [-0.3, -0.25) is 0 Å². The first-order valence-corrected chi connectivity index (χ1v) is 6.16. The number of rotatable bonds is 2. The van der Waals surface area contributed by atoms with E-state index in [-0.39, 0.29) is 0 Å². The number of para-hydroxylation sites is 2. The minimum absolute atomic E-state index is 0.593. The van der Waals surface area contributed by atoms with Gasteiger partial charge in [0.15, 0.2) is 0 Å². The summed E-state index contributed by atoms with van der Waals surface area (Å²) in [6.45, 7) is 2.14. The van der Waals surface area contributed by atoms with Crippen LogP contribution in [0.5, 0.6) is 0 Å². The van der Waals surface area contributed by atoms with Crippen molar-refractivity contribution >= 4 is 17.0 Å². The van der Waals surface area contributed by atoms with Gasteiger partial charge in [-0.15, -0.1) is 0 Å². The summed E-state index contributed by atoms with van der Waals surface area (Å²) in [7, 11) is 2.19. The molecule has 17 heavy (non-hydrogen) atoms. The van der Waals surface area contributed by atoms with Crippen LogP contribution in [0.3, 0.4) is 0 Å². The number of nitrogens with zero attached hydrogens (tertiary/aromatic N) is 3. The van der Waals surface area contributed by atoms with Crippen molar-refractivity contribution in [3.05, 3.63) is 24.3 Å². The van der Waals surface area contributed by atoms with Gasteiger partial charge in [0.2, 0.25) is 5.95 Å².